The molecule has 1 aromatic carbocycles. The number of hydrogen-bond donors (Lipinski definition) is 1. The van der Waals surface area contributed by atoms with Crippen LogP contribution in [0.1, 0.15) is 20.3 Å². The lowest BCUT2D eigenvalue weighted by molar-refractivity contribution is -0.113. The lowest BCUT2D eigenvalue weighted by Gasteiger charge is -2.22. The number of nitrogens with zero attached hydrogens (tertiary/aromatic N) is 1. The molecule has 0 aliphatic carbocycles. The van der Waals surface area contributed by atoms with Crippen LogP contribution in [0.3, 0.4) is 0 Å². The molecule has 1 N–H and O–H groups in total. The maximum Gasteiger partial charge on any atom is 0.241 e. The van der Waals surface area contributed by atoms with Gasteiger partial charge in [0.25, 0.3) is 0 Å². The van der Waals surface area contributed by atoms with Gasteiger partial charge in [-0.1, -0.05) is 11.3 Å². The predicted octanol–water partition coefficient (Wildman–Crippen LogP) is 3.67. The number of halogens is 1. The SMILES string of the molecule is COC(C)(C)CCOc1ccc2nc(NC(=O)CCl)sc2c1. The van der Waals surface area contributed by atoms with Crippen LogP contribution in [0.25, 0.3) is 10.2 Å². The molecule has 0 aliphatic rings. The highest BCUT2D eigenvalue weighted by atomic mass is 35.5. The molecule has 0 atom stereocenters. The van der Waals surface area contributed by atoms with Crippen molar-refractivity contribution < 1.29 is 14.3 Å². The van der Waals surface area contributed by atoms with E-state index in [2.05, 4.69) is 10.3 Å². The maximum atomic E-state index is 11.3. The number of nitrogens with one attached hydrogen (secondary N) is 1. The number of alkyl halides is 1. The van der Waals surface area contributed by atoms with Gasteiger partial charge < -0.3 is 14.8 Å². The number of methoxy groups -OCH3 is 1. The molecule has 1 amide bonds. The number of aromatic nitrogens is 1. The number of carbonyl (C=O) groups excluding carboxylic acids is 1. The summed E-state index contributed by atoms with van der Waals surface area (Å²) in [5, 5.41) is 3.19. The van der Waals surface area contributed by atoms with Gasteiger partial charge in [0.1, 0.15) is 11.6 Å². The van der Waals surface area contributed by atoms with Gasteiger partial charge in [-0.3, -0.25) is 4.79 Å². The van der Waals surface area contributed by atoms with Crippen molar-refractivity contribution in [2.75, 3.05) is 24.9 Å². The third-order valence-electron chi connectivity index (χ3n) is 3.25. The van der Waals surface area contributed by atoms with Crippen LogP contribution in [0.5, 0.6) is 5.75 Å². The third-order valence-corrected chi connectivity index (χ3v) is 4.43. The van der Waals surface area contributed by atoms with Gasteiger partial charge in [-0.25, -0.2) is 4.98 Å². The van der Waals surface area contributed by atoms with Gasteiger partial charge in [0, 0.05) is 13.5 Å². The largest absolute Gasteiger partial charge is 0.493 e. The number of anilines is 1. The van der Waals surface area contributed by atoms with Crippen molar-refractivity contribution in [2.24, 2.45) is 0 Å². The van der Waals surface area contributed by atoms with E-state index in [1.165, 1.54) is 11.3 Å². The Labute approximate surface area is 138 Å². The fourth-order valence-electron chi connectivity index (χ4n) is 1.72. The van der Waals surface area contributed by atoms with Crippen molar-refractivity contribution in [3.63, 3.8) is 0 Å². The second-order valence-corrected chi connectivity index (χ2v) is 6.69. The molecule has 1 heterocycles. The number of rotatable bonds is 7. The number of ether oxygens (including phenoxy) is 2. The Balaban J connectivity index is 2.02. The summed E-state index contributed by atoms with van der Waals surface area (Å²) in [6, 6.07) is 5.66. The van der Waals surface area contributed by atoms with Gasteiger partial charge in [0.15, 0.2) is 5.13 Å². The highest BCUT2D eigenvalue weighted by Crippen LogP contribution is 2.29. The molecule has 0 spiro atoms. The minimum absolute atomic E-state index is 0.0838. The van der Waals surface area contributed by atoms with Gasteiger partial charge >= 0.3 is 0 Å². The summed E-state index contributed by atoms with van der Waals surface area (Å²) < 4.78 is 12.1. The molecule has 120 valence electrons. The van der Waals surface area contributed by atoms with Crippen LogP contribution in [-0.4, -0.2) is 36.1 Å². The van der Waals surface area contributed by atoms with Crippen LogP contribution in [-0.2, 0) is 9.53 Å². The van der Waals surface area contributed by atoms with Gasteiger partial charge in [-0.05, 0) is 32.0 Å². The van der Waals surface area contributed by atoms with E-state index in [0.29, 0.717) is 11.7 Å². The van der Waals surface area contributed by atoms with Crippen molar-refractivity contribution in [3.05, 3.63) is 18.2 Å². The summed E-state index contributed by atoms with van der Waals surface area (Å²) in [6.45, 7) is 4.62. The number of fused-ring (bicyclic) bond motifs is 1. The number of amides is 1. The van der Waals surface area contributed by atoms with Crippen LogP contribution in [0.2, 0.25) is 0 Å². The highest BCUT2D eigenvalue weighted by Gasteiger charge is 2.16. The predicted molar refractivity (Wildman–Crippen MR) is 90.2 cm³/mol. The molecule has 7 heteroatoms. The molecule has 0 unspecified atom stereocenters. The summed E-state index contributed by atoms with van der Waals surface area (Å²) in [7, 11) is 1.69. The molecule has 2 aromatic rings. The topological polar surface area (TPSA) is 60.5 Å². The van der Waals surface area contributed by atoms with Crippen molar-refractivity contribution in [2.45, 2.75) is 25.9 Å². The zero-order chi connectivity index (χ0) is 16.2. The summed E-state index contributed by atoms with van der Waals surface area (Å²) >= 11 is 6.86. The molecule has 2 rings (SSSR count). The summed E-state index contributed by atoms with van der Waals surface area (Å²) in [4.78, 5) is 15.6. The Morgan fingerprint density at radius 1 is 1.45 bits per heavy atom. The van der Waals surface area contributed by atoms with Crippen LogP contribution in [0.4, 0.5) is 5.13 Å². The van der Waals surface area contributed by atoms with E-state index in [-0.39, 0.29) is 17.4 Å². The first-order valence-corrected chi connectivity index (χ1v) is 8.23. The summed E-state index contributed by atoms with van der Waals surface area (Å²) in [6.07, 6.45) is 0.793. The number of thiazole rings is 1. The Hall–Kier alpha value is -1.37. The van der Waals surface area contributed by atoms with Crippen LogP contribution in [0, 0.1) is 0 Å². The molecule has 0 radical (unpaired) electrons. The monoisotopic (exact) mass is 342 g/mol. The molecule has 22 heavy (non-hydrogen) atoms. The third kappa shape index (κ3) is 4.56. The molecular weight excluding hydrogens is 324 g/mol. The molecule has 1 aromatic heterocycles. The van der Waals surface area contributed by atoms with Crippen molar-refractivity contribution in [1.82, 2.24) is 4.98 Å². The zero-order valence-electron chi connectivity index (χ0n) is 12.8. The quantitative estimate of drug-likeness (QED) is 0.780. The lowest BCUT2D eigenvalue weighted by atomic mass is 10.1. The van der Waals surface area contributed by atoms with E-state index >= 15 is 0 Å². The Morgan fingerprint density at radius 3 is 2.91 bits per heavy atom. The molecule has 0 saturated carbocycles. The van der Waals surface area contributed by atoms with Gasteiger partial charge in [0.2, 0.25) is 5.91 Å². The number of benzene rings is 1. The van der Waals surface area contributed by atoms with Crippen LogP contribution in [0.15, 0.2) is 18.2 Å². The lowest BCUT2D eigenvalue weighted by Crippen LogP contribution is -2.25. The number of carbonyl (C=O) groups is 1. The van der Waals surface area contributed by atoms with E-state index in [4.69, 9.17) is 21.1 Å². The van der Waals surface area contributed by atoms with E-state index in [1.54, 1.807) is 7.11 Å². The second kappa shape index (κ2) is 7.26. The smallest absolute Gasteiger partial charge is 0.241 e. The minimum Gasteiger partial charge on any atom is -0.493 e. The average molecular weight is 343 g/mol. The Morgan fingerprint density at radius 2 is 2.23 bits per heavy atom. The molecule has 0 bridgehead atoms. The first-order chi connectivity index (χ1) is 10.4. The number of hydrogen-bond acceptors (Lipinski definition) is 5. The van der Waals surface area contributed by atoms with Crippen molar-refractivity contribution in [3.8, 4) is 5.75 Å². The normalized spacial score (nSPS) is 11.6. The minimum atomic E-state index is -0.265. The second-order valence-electron chi connectivity index (χ2n) is 5.39. The fourth-order valence-corrected chi connectivity index (χ4v) is 2.69. The standard InChI is InChI=1S/C15H19ClN2O3S/c1-15(2,20-3)6-7-21-10-4-5-11-12(8-10)22-14(17-11)18-13(19)9-16/h4-5,8H,6-7,9H2,1-3H3,(H,17,18,19). The first-order valence-electron chi connectivity index (χ1n) is 6.88. The van der Waals surface area contributed by atoms with E-state index in [1.807, 2.05) is 32.0 Å². The van der Waals surface area contributed by atoms with Crippen molar-refractivity contribution >= 4 is 44.2 Å². The first kappa shape index (κ1) is 17.0. The zero-order valence-corrected chi connectivity index (χ0v) is 14.4. The van der Waals surface area contributed by atoms with Crippen LogP contribution < -0.4 is 10.1 Å². The molecule has 5 nitrogen and oxygen atoms in total. The van der Waals surface area contributed by atoms with Gasteiger partial charge in [0.05, 0.1) is 22.4 Å². The molecular formula is C15H19ClN2O3S. The van der Waals surface area contributed by atoms with Gasteiger partial charge in [-0.2, -0.15) is 0 Å². The van der Waals surface area contributed by atoms with E-state index in [9.17, 15) is 4.79 Å². The average Bonchev–Trinajstić information content (AvgIpc) is 2.88. The van der Waals surface area contributed by atoms with Crippen molar-refractivity contribution in [1.29, 1.82) is 0 Å². The molecule has 0 saturated heterocycles. The summed E-state index contributed by atoms with van der Waals surface area (Å²) in [5.41, 5.74) is 0.618. The molecule has 0 aliphatic heterocycles. The highest BCUT2D eigenvalue weighted by molar-refractivity contribution is 7.22. The Kier molecular flexibility index (Phi) is 5.61. The van der Waals surface area contributed by atoms with E-state index < -0.39 is 0 Å². The van der Waals surface area contributed by atoms with Crippen LogP contribution >= 0.6 is 22.9 Å². The van der Waals surface area contributed by atoms with E-state index in [0.717, 1.165) is 22.4 Å². The van der Waals surface area contributed by atoms with Gasteiger partial charge in [-0.15, -0.1) is 11.6 Å². The Bertz CT molecular complexity index is 657. The fraction of sp³-hybridized carbons (Fsp3) is 0.467. The molecule has 0 fully saturated rings. The maximum absolute atomic E-state index is 11.3. The summed E-state index contributed by atoms with van der Waals surface area (Å²) in [5.74, 6) is 0.428.